The van der Waals surface area contributed by atoms with E-state index in [4.69, 9.17) is 0 Å². The van der Waals surface area contributed by atoms with Crippen LogP contribution < -0.4 is 0 Å². The van der Waals surface area contributed by atoms with E-state index in [0.717, 1.165) is 5.75 Å². The summed E-state index contributed by atoms with van der Waals surface area (Å²) in [5.74, 6) is 2.22. The summed E-state index contributed by atoms with van der Waals surface area (Å²) in [6.07, 6.45) is 2.49. The smallest absolute Gasteiger partial charge is 0.00719 e. The van der Waals surface area contributed by atoms with E-state index in [-0.39, 0.29) is 0 Å². The molecule has 1 rings (SSSR count). The van der Waals surface area contributed by atoms with Crippen molar-refractivity contribution in [3.8, 4) is 0 Å². The molecule has 0 aliphatic heterocycles. The van der Waals surface area contributed by atoms with Crippen LogP contribution in [-0.2, 0) is 0 Å². The summed E-state index contributed by atoms with van der Waals surface area (Å²) in [5.41, 5.74) is 0. The third kappa shape index (κ3) is 7.34. The summed E-state index contributed by atoms with van der Waals surface area (Å²) >= 11 is 6.10. The van der Waals surface area contributed by atoms with E-state index in [9.17, 15) is 0 Å². The molecule has 0 aromatic heterocycles. The van der Waals surface area contributed by atoms with Crippen molar-refractivity contribution in [3.05, 3.63) is 30.3 Å². The fourth-order valence-electron chi connectivity index (χ4n) is 0.921. The molecule has 2 heteroatoms. The normalized spacial score (nSPS) is 9.07. The van der Waals surface area contributed by atoms with Gasteiger partial charge in [-0.15, -0.1) is 11.8 Å². The maximum atomic E-state index is 4.17. The van der Waals surface area contributed by atoms with Crippen molar-refractivity contribution in [2.24, 2.45) is 0 Å². The van der Waals surface area contributed by atoms with E-state index in [1.54, 1.807) is 0 Å². The first-order chi connectivity index (χ1) is 6.93. The van der Waals surface area contributed by atoms with Gasteiger partial charge in [0.15, 0.2) is 0 Å². The van der Waals surface area contributed by atoms with Gasteiger partial charge in [-0.25, -0.2) is 0 Å². The molecule has 80 valence electrons. The third-order valence-electron chi connectivity index (χ3n) is 1.56. The fraction of sp³-hybridized carbons (Fsp3) is 0.500. The molecule has 0 aliphatic carbocycles. The van der Waals surface area contributed by atoms with E-state index >= 15 is 0 Å². The minimum Gasteiger partial charge on any atom is -0.179 e. The van der Waals surface area contributed by atoms with Gasteiger partial charge in [-0.2, -0.15) is 12.6 Å². The predicted molar refractivity (Wildman–Crippen MR) is 71.6 cm³/mol. The van der Waals surface area contributed by atoms with E-state index in [1.807, 2.05) is 25.6 Å². The van der Waals surface area contributed by atoms with Gasteiger partial charge in [0, 0.05) is 4.90 Å². The molecule has 14 heavy (non-hydrogen) atoms. The van der Waals surface area contributed by atoms with Crippen LogP contribution in [-0.4, -0.2) is 11.5 Å². The number of unbranched alkanes of at least 4 members (excludes halogenated alkanes) is 1. The zero-order valence-corrected chi connectivity index (χ0v) is 10.8. The minimum atomic E-state index is 1.01. The van der Waals surface area contributed by atoms with Crippen LogP contribution in [0.15, 0.2) is 35.2 Å². The standard InChI is InChI=1S/C10H14S2.C2H6/c11-8-4-5-9-12-10-6-2-1-3-7-10;1-2/h1-3,6-7,11H,4-5,8-9H2;1-2H3. The van der Waals surface area contributed by atoms with E-state index < -0.39 is 0 Å². The lowest BCUT2D eigenvalue weighted by Gasteiger charge is -1.99. The third-order valence-corrected chi connectivity index (χ3v) is 2.98. The first kappa shape index (κ1) is 13.9. The summed E-state index contributed by atoms with van der Waals surface area (Å²) < 4.78 is 0. The summed E-state index contributed by atoms with van der Waals surface area (Å²) in [4.78, 5) is 1.37. The molecule has 0 saturated heterocycles. The summed E-state index contributed by atoms with van der Waals surface area (Å²) in [7, 11) is 0. The zero-order valence-electron chi connectivity index (χ0n) is 9.07. The van der Waals surface area contributed by atoms with Crippen LogP contribution in [0.25, 0.3) is 0 Å². The molecule has 0 bridgehead atoms. The number of thioether (sulfide) groups is 1. The molecule has 0 radical (unpaired) electrons. The largest absolute Gasteiger partial charge is 0.179 e. The Bertz CT molecular complexity index is 197. The summed E-state index contributed by atoms with van der Waals surface area (Å²) in [6, 6.07) is 10.5. The van der Waals surface area contributed by atoms with E-state index in [2.05, 4.69) is 43.0 Å². The average Bonchev–Trinajstić information content (AvgIpc) is 2.29. The molecule has 1 aromatic carbocycles. The molecule has 0 N–H and O–H groups in total. The van der Waals surface area contributed by atoms with Gasteiger partial charge in [0.2, 0.25) is 0 Å². The van der Waals surface area contributed by atoms with Gasteiger partial charge in [-0.3, -0.25) is 0 Å². The number of hydrogen-bond donors (Lipinski definition) is 1. The lowest BCUT2D eigenvalue weighted by molar-refractivity contribution is 0.910. The van der Waals surface area contributed by atoms with Gasteiger partial charge in [0.05, 0.1) is 0 Å². The Hall–Kier alpha value is -0.0800. The van der Waals surface area contributed by atoms with E-state index in [0.29, 0.717) is 0 Å². The monoisotopic (exact) mass is 228 g/mol. The topological polar surface area (TPSA) is 0 Å². The Labute approximate surface area is 97.9 Å². The number of rotatable bonds is 5. The van der Waals surface area contributed by atoms with Gasteiger partial charge in [-0.1, -0.05) is 32.0 Å². The van der Waals surface area contributed by atoms with Crippen molar-refractivity contribution in [2.75, 3.05) is 11.5 Å². The number of thiol groups is 1. The van der Waals surface area contributed by atoms with Gasteiger partial charge < -0.3 is 0 Å². The summed E-state index contributed by atoms with van der Waals surface area (Å²) in [5, 5.41) is 0. The molecule has 0 spiro atoms. The van der Waals surface area contributed by atoms with Gasteiger partial charge in [0.1, 0.15) is 0 Å². The minimum absolute atomic E-state index is 1.01. The molecule has 0 unspecified atom stereocenters. The van der Waals surface area contributed by atoms with Gasteiger partial charge >= 0.3 is 0 Å². The second-order valence-corrected chi connectivity index (χ2v) is 4.21. The van der Waals surface area contributed by atoms with Crippen LogP contribution in [0.2, 0.25) is 0 Å². The quantitative estimate of drug-likeness (QED) is 0.439. The molecular weight excluding hydrogens is 208 g/mol. The van der Waals surface area contributed by atoms with Gasteiger partial charge in [0.25, 0.3) is 0 Å². The Kier molecular flexibility index (Phi) is 10.9. The highest BCUT2D eigenvalue weighted by Crippen LogP contribution is 2.18. The fourth-order valence-corrected chi connectivity index (χ4v) is 2.08. The lowest BCUT2D eigenvalue weighted by Crippen LogP contribution is -1.81. The van der Waals surface area contributed by atoms with Crippen molar-refractivity contribution in [3.63, 3.8) is 0 Å². The molecule has 0 fully saturated rings. The van der Waals surface area contributed by atoms with Crippen molar-refractivity contribution < 1.29 is 0 Å². The van der Waals surface area contributed by atoms with Crippen molar-refractivity contribution >= 4 is 24.4 Å². The lowest BCUT2D eigenvalue weighted by atomic mass is 10.4. The average molecular weight is 228 g/mol. The molecule has 0 atom stereocenters. The second kappa shape index (κ2) is 11.0. The van der Waals surface area contributed by atoms with Crippen LogP contribution in [0.1, 0.15) is 26.7 Å². The highest BCUT2D eigenvalue weighted by molar-refractivity contribution is 7.99. The van der Waals surface area contributed by atoms with Crippen molar-refractivity contribution in [2.45, 2.75) is 31.6 Å². The zero-order chi connectivity index (χ0) is 10.6. The van der Waals surface area contributed by atoms with Gasteiger partial charge in [-0.05, 0) is 36.5 Å². The maximum Gasteiger partial charge on any atom is 0.00719 e. The van der Waals surface area contributed by atoms with Crippen LogP contribution in [0.5, 0.6) is 0 Å². The highest BCUT2D eigenvalue weighted by atomic mass is 32.2. The molecule has 0 amide bonds. The maximum absolute atomic E-state index is 4.17. The first-order valence-corrected chi connectivity index (χ1v) is 6.84. The number of hydrogen-bond acceptors (Lipinski definition) is 2. The van der Waals surface area contributed by atoms with Crippen LogP contribution in [0.3, 0.4) is 0 Å². The van der Waals surface area contributed by atoms with Crippen LogP contribution in [0, 0.1) is 0 Å². The van der Waals surface area contributed by atoms with Crippen molar-refractivity contribution in [1.82, 2.24) is 0 Å². The molecular formula is C12H20S2. The number of benzene rings is 1. The molecule has 0 saturated carbocycles. The highest BCUT2D eigenvalue weighted by Gasteiger charge is 1.91. The molecule has 0 nitrogen and oxygen atoms in total. The molecule has 0 heterocycles. The Morgan fingerprint density at radius 3 is 2.29 bits per heavy atom. The predicted octanol–water partition coefficient (Wildman–Crippen LogP) is 4.51. The van der Waals surface area contributed by atoms with Crippen LogP contribution in [0.4, 0.5) is 0 Å². The summed E-state index contributed by atoms with van der Waals surface area (Å²) in [6.45, 7) is 4.00. The SMILES string of the molecule is CC.SCCCCSc1ccccc1. The molecule has 1 aromatic rings. The Morgan fingerprint density at radius 2 is 1.71 bits per heavy atom. The van der Waals surface area contributed by atoms with E-state index in [1.165, 1.54) is 23.5 Å². The second-order valence-electron chi connectivity index (χ2n) is 2.59. The Balaban J connectivity index is 0.000000791. The first-order valence-electron chi connectivity index (χ1n) is 5.22. The molecule has 0 aliphatic rings. The Morgan fingerprint density at radius 1 is 1.07 bits per heavy atom. The van der Waals surface area contributed by atoms with Crippen LogP contribution >= 0.6 is 24.4 Å². The van der Waals surface area contributed by atoms with Crippen molar-refractivity contribution in [1.29, 1.82) is 0 Å².